The third-order valence-corrected chi connectivity index (χ3v) is 5.26. The molecule has 112 valence electrons. The molecule has 1 aliphatic rings. The van der Waals surface area contributed by atoms with Gasteiger partial charge in [0.25, 0.3) is 0 Å². The second-order valence-corrected chi connectivity index (χ2v) is 7.27. The van der Waals surface area contributed by atoms with E-state index in [4.69, 9.17) is 5.73 Å². The van der Waals surface area contributed by atoms with Crippen LogP contribution >= 0.6 is 0 Å². The van der Waals surface area contributed by atoms with Gasteiger partial charge in [-0.2, -0.15) is 0 Å². The largest absolute Gasteiger partial charge is 0.324 e. The van der Waals surface area contributed by atoms with Gasteiger partial charge in [0.2, 0.25) is 0 Å². The van der Waals surface area contributed by atoms with E-state index < -0.39 is 0 Å². The SMILES string of the molecule is Cc1ccc2cc(C(N)C3CCCCC3(C)C)ccc2n1. The molecule has 1 heterocycles. The highest BCUT2D eigenvalue weighted by atomic mass is 14.7. The number of benzene rings is 1. The summed E-state index contributed by atoms with van der Waals surface area (Å²) in [5.74, 6) is 0.571. The average molecular weight is 282 g/mol. The monoisotopic (exact) mass is 282 g/mol. The predicted molar refractivity (Wildman–Crippen MR) is 89.1 cm³/mol. The maximum atomic E-state index is 6.65. The van der Waals surface area contributed by atoms with Crippen LogP contribution in [0.4, 0.5) is 0 Å². The number of hydrogen-bond acceptors (Lipinski definition) is 2. The zero-order valence-corrected chi connectivity index (χ0v) is 13.4. The molecule has 1 fully saturated rings. The lowest BCUT2D eigenvalue weighted by Crippen LogP contribution is -2.36. The van der Waals surface area contributed by atoms with E-state index in [9.17, 15) is 0 Å². The summed E-state index contributed by atoms with van der Waals surface area (Å²) in [5.41, 5.74) is 10.4. The number of fused-ring (bicyclic) bond motifs is 1. The molecule has 1 saturated carbocycles. The number of rotatable bonds is 2. The highest BCUT2D eigenvalue weighted by Crippen LogP contribution is 2.46. The molecular formula is C19H26N2. The van der Waals surface area contributed by atoms with E-state index in [1.54, 1.807) is 0 Å². The van der Waals surface area contributed by atoms with Crippen molar-refractivity contribution in [3.8, 4) is 0 Å². The average Bonchev–Trinajstić information content (AvgIpc) is 2.45. The molecule has 2 N–H and O–H groups in total. The molecule has 2 nitrogen and oxygen atoms in total. The summed E-state index contributed by atoms with van der Waals surface area (Å²) in [4.78, 5) is 4.58. The molecule has 0 saturated heterocycles. The zero-order valence-electron chi connectivity index (χ0n) is 13.4. The normalized spacial score (nSPS) is 23.1. The van der Waals surface area contributed by atoms with Crippen molar-refractivity contribution in [2.45, 2.75) is 52.5 Å². The van der Waals surface area contributed by atoms with Crippen molar-refractivity contribution in [3.05, 3.63) is 41.6 Å². The molecular weight excluding hydrogens is 256 g/mol. The van der Waals surface area contributed by atoms with Crippen LogP contribution in [-0.4, -0.2) is 4.98 Å². The Kier molecular flexibility index (Phi) is 3.75. The summed E-state index contributed by atoms with van der Waals surface area (Å²) in [6, 6.07) is 10.9. The number of pyridine rings is 1. The summed E-state index contributed by atoms with van der Waals surface area (Å²) < 4.78 is 0. The van der Waals surface area contributed by atoms with Crippen LogP contribution in [0.3, 0.4) is 0 Å². The standard InChI is InChI=1S/C19H26N2/c1-13-7-8-14-12-15(9-10-17(14)21-13)18(20)16-6-4-5-11-19(16,2)3/h7-10,12,16,18H,4-6,11,20H2,1-3H3. The first-order chi connectivity index (χ1) is 9.97. The van der Waals surface area contributed by atoms with Crippen molar-refractivity contribution >= 4 is 10.9 Å². The topological polar surface area (TPSA) is 38.9 Å². The van der Waals surface area contributed by atoms with E-state index in [-0.39, 0.29) is 6.04 Å². The Hall–Kier alpha value is -1.41. The second-order valence-electron chi connectivity index (χ2n) is 7.27. The lowest BCUT2D eigenvalue weighted by atomic mass is 9.65. The van der Waals surface area contributed by atoms with Crippen molar-refractivity contribution < 1.29 is 0 Å². The summed E-state index contributed by atoms with van der Waals surface area (Å²) in [5, 5.41) is 1.20. The molecule has 1 aromatic heterocycles. The predicted octanol–water partition coefficient (Wildman–Crippen LogP) is 4.76. The van der Waals surface area contributed by atoms with Crippen molar-refractivity contribution in [3.63, 3.8) is 0 Å². The first kappa shape index (κ1) is 14.5. The Morgan fingerprint density at radius 2 is 2.00 bits per heavy atom. The van der Waals surface area contributed by atoms with E-state index in [1.165, 1.54) is 36.6 Å². The fourth-order valence-electron chi connectivity index (χ4n) is 3.87. The molecule has 21 heavy (non-hydrogen) atoms. The molecule has 2 unspecified atom stereocenters. The maximum Gasteiger partial charge on any atom is 0.0705 e. The van der Waals surface area contributed by atoms with Crippen LogP contribution in [0.5, 0.6) is 0 Å². The van der Waals surface area contributed by atoms with Crippen LogP contribution in [-0.2, 0) is 0 Å². The molecule has 1 aromatic carbocycles. The molecule has 3 rings (SSSR count). The van der Waals surface area contributed by atoms with Gasteiger partial charge in [0.1, 0.15) is 0 Å². The van der Waals surface area contributed by atoms with Crippen molar-refractivity contribution in [1.29, 1.82) is 0 Å². The van der Waals surface area contributed by atoms with Crippen LogP contribution in [0.25, 0.3) is 10.9 Å². The number of hydrogen-bond donors (Lipinski definition) is 1. The number of nitrogens with two attached hydrogens (primary N) is 1. The summed E-state index contributed by atoms with van der Waals surface area (Å²) in [7, 11) is 0. The van der Waals surface area contributed by atoms with Gasteiger partial charge < -0.3 is 5.73 Å². The molecule has 2 heteroatoms. The van der Waals surface area contributed by atoms with Gasteiger partial charge in [0.05, 0.1) is 5.52 Å². The van der Waals surface area contributed by atoms with E-state index in [2.05, 4.69) is 49.2 Å². The molecule has 2 atom stereocenters. The Morgan fingerprint density at radius 1 is 1.19 bits per heavy atom. The third kappa shape index (κ3) is 2.82. The Bertz CT molecular complexity index is 645. The van der Waals surface area contributed by atoms with Gasteiger partial charge in [-0.15, -0.1) is 0 Å². The van der Waals surface area contributed by atoms with Crippen LogP contribution in [0.2, 0.25) is 0 Å². The van der Waals surface area contributed by atoms with Crippen molar-refractivity contribution in [1.82, 2.24) is 4.98 Å². The summed E-state index contributed by atoms with van der Waals surface area (Å²) in [6.45, 7) is 6.79. The van der Waals surface area contributed by atoms with Gasteiger partial charge in [0.15, 0.2) is 0 Å². The molecule has 1 aliphatic carbocycles. The zero-order chi connectivity index (χ0) is 15.0. The summed E-state index contributed by atoms with van der Waals surface area (Å²) >= 11 is 0. The van der Waals surface area contributed by atoms with Gasteiger partial charge in [0, 0.05) is 17.1 Å². The minimum Gasteiger partial charge on any atom is -0.324 e. The van der Waals surface area contributed by atoms with Crippen LogP contribution < -0.4 is 5.73 Å². The summed E-state index contributed by atoms with van der Waals surface area (Å²) in [6.07, 6.45) is 5.20. The Balaban J connectivity index is 1.93. The first-order valence-electron chi connectivity index (χ1n) is 8.10. The van der Waals surface area contributed by atoms with Gasteiger partial charge in [-0.25, -0.2) is 0 Å². The lowest BCUT2D eigenvalue weighted by Gasteiger charge is -2.42. The number of aromatic nitrogens is 1. The fourth-order valence-corrected chi connectivity index (χ4v) is 3.87. The van der Waals surface area contributed by atoms with E-state index in [1.807, 2.05) is 6.92 Å². The third-order valence-electron chi connectivity index (χ3n) is 5.26. The van der Waals surface area contributed by atoms with Crippen LogP contribution in [0, 0.1) is 18.3 Å². The van der Waals surface area contributed by atoms with Crippen molar-refractivity contribution in [2.24, 2.45) is 17.1 Å². The quantitative estimate of drug-likeness (QED) is 0.862. The molecule has 2 aromatic rings. The van der Waals surface area contributed by atoms with Gasteiger partial charge in [-0.1, -0.05) is 38.8 Å². The van der Waals surface area contributed by atoms with Crippen molar-refractivity contribution in [2.75, 3.05) is 0 Å². The molecule has 0 aliphatic heterocycles. The maximum absolute atomic E-state index is 6.65. The Labute approximate surface area is 127 Å². The molecule has 0 amide bonds. The van der Waals surface area contributed by atoms with Gasteiger partial charge in [-0.3, -0.25) is 4.98 Å². The number of aryl methyl sites for hydroxylation is 1. The van der Waals surface area contributed by atoms with E-state index in [0.29, 0.717) is 11.3 Å². The first-order valence-corrected chi connectivity index (χ1v) is 8.10. The van der Waals surface area contributed by atoms with E-state index in [0.717, 1.165) is 11.2 Å². The minimum atomic E-state index is 0.131. The highest BCUT2D eigenvalue weighted by molar-refractivity contribution is 5.79. The molecule has 0 spiro atoms. The fraction of sp³-hybridized carbons (Fsp3) is 0.526. The van der Waals surface area contributed by atoms with Crippen LogP contribution in [0.15, 0.2) is 30.3 Å². The minimum absolute atomic E-state index is 0.131. The lowest BCUT2D eigenvalue weighted by molar-refractivity contribution is 0.113. The number of nitrogens with zero attached hydrogens (tertiary/aromatic N) is 1. The van der Waals surface area contributed by atoms with Crippen LogP contribution in [0.1, 0.15) is 56.8 Å². The molecule has 0 bridgehead atoms. The smallest absolute Gasteiger partial charge is 0.0705 e. The second kappa shape index (κ2) is 5.42. The highest BCUT2D eigenvalue weighted by Gasteiger charge is 2.36. The molecule has 0 radical (unpaired) electrons. The van der Waals surface area contributed by atoms with Gasteiger partial charge >= 0.3 is 0 Å². The van der Waals surface area contributed by atoms with E-state index >= 15 is 0 Å². The Morgan fingerprint density at radius 3 is 2.76 bits per heavy atom. The van der Waals surface area contributed by atoms with Gasteiger partial charge in [-0.05, 0) is 54.9 Å².